The minimum atomic E-state index is 0.0269. The molecule has 1 N–H and O–H groups in total. The van der Waals surface area contributed by atoms with Crippen molar-refractivity contribution in [2.75, 3.05) is 7.11 Å². The standard InChI is InChI=1S/C22H20N4O2/c1-28-21-9-5-2-6-18(21)14-26-22(23-24-25-26)20-8-4-3-7-19(20)17-12-10-16(15-27)11-13-17/h2-13,27H,14-15H2,1H3. The lowest BCUT2D eigenvalue weighted by molar-refractivity contribution is 0.282. The van der Waals surface area contributed by atoms with Crippen LogP contribution in [0.1, 0.15) is 11.1 Å². The maximum Gasteiger partial charge on any atom is 0.182 e. The first-order valence-corrected chi connectivity index (χ1v) is 8.98. The van der Waals surface area contributed by atoms with Crippen molar-refractivity contribution in [3.63, 3.8) is 0 Å². The quantitative estimate of drug-likeness (QED) is 0.560. The molecule has 6 heteroatoms. The van der Waals surface area contributed by atoms with Crippen LogP contribution in [0.15, 0.2) is 72.8 Å². The molecule has 0 spiro atoms. The van der Waals surface area contributed by atoms with E-state index in [-0.39, 0.29) is 6.61 Å². The first-order chi connectivity index (χ1) is 13.8. The van der Waals surface area contributed by atoms with Gasteiger partial charge in [0.1, 0.15) is 5.75 Å². The number of para-hydroxylation sites is 1. The van der Waals surface area contributed by atoms with Gasteiger partial charge in [0.05, 0.1) is 20.3 Å². The summed E-state index contributed by atoms with van der Waals surface area (Å²) in [7, 11) is 1.66. The van der Waals surface area contributed by atoms with Crippen molar-refractivity contribution in [2.24, 2.45) is 0 Å². The van der Waals surface area contributed by atoms with Gasteiger partial charge in [-0.2, -0.15) is 0 Å². The van der Waals surface area contributed by atoms with Crippen LogP contribution in [0.4, 0.5) is 0 Å². The molecule has 0 atom stereocenters. The molecule has 0 aliphatic heterocycles. The van der Waals surface area contributed by atoms with Crippen LogP contribution in [0.5, 0.6) is 5.75 Å². The molecule has 0 radical (unpaired) electrons. The van der Waals surface area contributed by atoms with Crippen LogP contribution in [0.25, 0.3) is 22.5 Å². The van der Waals surface area contributed by atoms with Crippen molar-refractivity contribution in [1.82, 2.24) is 20.2 Å². The molecule has 3 aromatic carbocycles. The Labute approximate surface area is 163 Å². The largest absolute Gasteiger partial charge is 0.496 e. The molecule has 1 heterocycles. The van der Waals surface area contributed by atoms with Crippen LogP contribution < -0.4 is 4.74 Å². The van der Waals surface area contributed by atoms with E-state index in [4.69, 9.17) is 4.74 Å². The summed E-state index contributed by atoms with van der Waals surface area (Å²) in [5.41, 5.74) is 4.90. The summed E-state index contributed by atoms with van der Waals surface area (Å²) < 4.78 is 7.23. The van der Waals surface area contributed by atoms with E-state index in [9.17, 15) is 5.11 Å². The van der Waals surface area contributed by atoms with Gasteiger partial charge < -0.3 is 9.84 Å². The third-order valence-corrected chi connectivity index (χ3v) is 4.66. The van der Waals surface area contributed by atoms with Crippen LogP contribution in [-0.4, -0.2) is 32.4 Å². The van der Waals surface area contributed by atoms with Gasteiger partial charge in [-0.1, -0.05) is 66.7 Å². The Hall–Kier alpha value is -3.51. The molecule has 6 nitrogen and oxygen atoms in total. The molecule has 0 aliphatic rings. The Bertz CT molecular complexity index is 1070. The van der Waals surface area contributed by atoms with Crippen LogP contribution in [-0.2, 0) is 13.2 Å². The van der Waals surface area contributed by atoms with Crippen molar-refractivity contribution in [2.45, 2.75) is 13.2 Å². The number of ether oxygens (including phenoxy) is 1. The van der Waals surface area contributed by atoms with E-state index in [1.54, 1.807) is 11.8 Å². The van der Waals surface area contributed by atoms with Gasteiger partial charge in [-0.25, -0.2) is 4.68 Å². The molecule has 4 aromatic rings. The molecule has 0 amide bonds. The minimum absolute atomic E-state index is 0.0269. The molecule has 28 heavy (non-hydrogen) atoms. The molecule has 140 valence electrons. The topological polar surface area (TPSA) is 73.1 Å². The lowest BCUT2D eigenvalue weighted by Gasteiger charge is -2.12. The number of aliphatic hydroxyl groups is 1. The van der Waals surface area contributed by atoms with Crippen LogP contribution in [0.3, 0.4) is 0 Å². The third kappa shape index (κ3) is 3.50. The lowest BCUT2D eigenvalue weighted by Crippen LogP contribution is -2.06. The van der Waals surface area contributed by atoms with Gasteiger partial charge in [-0.3, -0.25) is 0 Å². The van der Waals surface area contributed by atoms with E-state index in [1.165, 1.54) is 0 Å². The SMILES string of the molecule is COc1ccccc1Cn1nnnc1-c1ccccc1-c1ccc(CO)cc1. The van der Waals surface area contributed by atoms with E-state index in [1.807, 2.05) is 72.8 Å². The molecule has 0 aliphatic carbocycles. The fraction of sp³-hybridized carbons (Fsp3) is 0.136. The highest BCUT2D eigenvalue weighted by molar-refractivity contribution is 5.80. The summed E-state index contributed by atoms with van der Waals surface area (Å²) in [6.45, 7) is 0.531. The zero-order valence-electron chi connectivity index (χ0n) is 15.5. The molecular weight excluding hydrogens is 352 g/mol. The van der Waals surface area contributed by atoms with Crippen molar-refractivity contribution in [3.05, 3.63) is 83.9 Å². The molecule has 0 saturated heterocycles. The van der Waals surface area contributed by atoms with Gasteiger partial charge in [0.25, 0.3) is 0 Å². The van der Waals surface area contributed by atoms with E-state index >= 15 is 0 Å². The van der Waals surface area contributed by atoms with Gasteiger partial charge in [-0.05, 0) is 33.2 Å². The number of aromatic nitrogens is 4. The first kappa shape index (κ1) is 17.9. The smallest absolute Gasteiger partial charge is 0.182 e. The van der Waals surface area contributed by atoms with Crippen LogP contribution >= 0.6 is 0 Å². The second-order valence-electron chi connectivity index (χ2n) is 6.37. The minimum Gasteiger partial charge on any atom is -0.496 e. The Morgan fingerprint density at radius 3 is 2.36 bits per heavy atom. The fourth-order valence-corrected chi connectivity index (χ4v) is 3.22. The summed E-state index contributed by atoms with van der Waals surface area (Å²) in [6, 6.07) is 23.7. The number of rotatable bonds is 6. The third-order valence-electron chi connectivity index (χ3n) is 4.66. The molecule has 0 saturated carbocycles. The predicted molar refractivity (Wildman–Crippen MR) is 107 cm³/mol. The maximum absolute atomic E-state index is 9.28. The van der Waals surface area contributed by atoms with Crippen LogP contribution in [0, 0.1) is 0 Å². The second-order valence-corrected chi connectivity index (χ2v) is 6.37. The lowest BCUT2D eigenvalue weighted by atomic mass is 9.98. The van der Waals surface area contributed by atoms with Crippen molar-refractivity contribution >= 4 is 0 Å². The normalized spacial score (nSPS) is 10.8. The van der Waals surface area contributed by atoms with Gasteiger partial charge in [0.2, 0.25) is 0 Å². The number of aliphatic hydroxyl groups excluding tert-OH is 1. The number of benzene rings is 3. The van der Waals surface area contributed by atoms with E-state index < -0.39 is 0 Å². The van der Waals surface area contributed by atoms with Gasteiger partial charge >= 0.3 is 0 Å². The average molecular weight is 372 g/mol. The number of nitrogens with zero attached hydrogens (tertiary/aromatic N) is 4. The second kappa shape index (κ2) is 8.02. The Balaban J connectivity index is 1.74. The highest BCUT2D eigenvalue weighted by Crippen LogP contribution is 2.31. The van der Waals surface area contributed by atoms with E-state index in [0.29, 0.717) is 12.4 Å². The number of methoxy groups -OCH3 is 1. The Morgan fingerprint density at radius 2 is 1.61 bits per heavy atom. The molecule has 4 rings (SSSR count). The fourth-order valence-electron chi connectivity index (χ4n) is 3.22. The molecule has 0 fully saturated rings. The molecule has 0 unspecified atom stereocenters. The number of hydrogen-bond acceptors (Lipinski definition) is 5. The summed E-state index contributed by atoms with van der Waals surface area (Å²) in [5, 5.41) is 21.7. The zero-order valence-corrected chi connectivity index (χ0v) is 15.5. The van der Waals surface area contributed by atoms with E-state index in [0.717, 1.165) is 33.6 Å². The van der Waals surface area contributed by atoms with Gasteiger partial charge in [-0.15, -0.1) is 5.10 Å². The Kier molecular flexibility index (Phi) is 5.12. The average Bonchev–Trinajstić information content (AvgIpc) is 3.22. The monoisotopic (exact) mass is 372 g/mol. The van der Waals surface area contributed by atoms with Crippen molar-refractivity contribution in [1.29, 1.82) is 0 Å². The van der Waals surface area contributed by atoms with Gasteiger partial charge in [0.15, 0.2) is 5.82 Å². The summed E-state index contributed by atoms with van der Waals surface area (Å²) in [4.78, 5) is 0. The predicted octanol–water partition coefficient (Wildman–Crippen LogP) is 3.56. The first-order valence-electron chi connectivity index (χ1n) is 8.98. The summed E-state index contributed by atoms with van der Waals surface area (Å²) >= 11 is 0. The van der Waals surface area contributed by atoms with Crippen LogP contribution in [0.2, 0.25) is 0 Å². The number of hydrogen-bond donors (Lipinski definition) is 1. The molecule has 0 bridgehead atoms. The van der Waals surface area contributed by atoms with Crippen molar-refractivity contribution < 1.29 is 9.84 Å². The summed E-state index contributed by atoms with van der Waals surface area (Å²) in [6.07, 6.45) is 0. The number of tetrazole rings is 1. The van der Waals surface area contributed by atoms with Crippen molar-refractivity contribution in [3.8, 4) is 28.3 Å². The van der Waals surface area contributed by atoms with E-state index in [2.05, 4.69) is 15.5 Å². The van der Waals surface area contributed by atoms with Gasteiger partial charge in [0, 0.05) is 11.1 Å². The molecule has 1 aromatic heterocycles. The molecular formula is C22H20N4O2. The summed E-state index contributed by atoms with van der Waals surface area (Å²) in [5.74, 6) is 1.49. The maximum atomic E-state index is 9.28. The highest BCUT2D eigenvalue weighted by Gasteiger charge is 2.15. The Morgan fingerprint density at radius 1 is 0.893 bits per heavy atom. The zero-order chi connectivity index (χ0) is 19.3. The highest BCUT2D eigenvalue weighted by atomic mass is 16.5.